The lowest BCUT2D eigenvalue weighted by atomic mass is 9.98. The van der Waals surface area contributed by atoms with Gasteiger partial charge in [-0.2, -0.15) is 0 Å². The predicted octanol–water partition coefficient (Wildman–Crippen LogP) is 4.21. The maximum absolute atomic E-state index is 5.80. The molecule has 108 valence electrons. The number of aryl methyl sites for hydroxylation is 1. The van der Waals surface area contributed by atoms with Gasteiger partial charge in [-0.05, 0) is 41.3 Å². The maximum Gasteiger partial charge on any atom is 0.0593 e. The van der Waals surface area contributed by atoms with Crippen LogP contribution in [0.5, 0.6) is 0 Å². The van der Waals surface area contributed by atoms with Crippen molar-refractivity contribution in [2.45, 2.75) is 25.8 Å². The van der Waals surface area contributed by atoms with E-state index in [1.165, 1.54) is 26.1 Å². The predicted molar refractivity (Wildman–Crippen MR) is 91.4 cm³/mol. The number of nitrogens with one attached hydrogen (secondary N) is 1. The van der Waals surface area contributed by atoms with E-state index >= 15 is 0 Å². The van der Waals surface area contributed by atoms with Crippen molar-refractivity contribution < 1.29 is 0 Å². The van der Waals surface area contributed by atoms with Crippen LogP contribution in [0.3, 0.4) is 0 Å². The Balaban J connectivity index is 1.92. The first-order valence-corrected chi connectivity index (χ1v) is 8.15. The van der Waals surface area contributed by atoms with Crippen LogP contribution in [0.1, 0.15) is 28.3 Å². The van der Waals surface area contributed by atoms with E-state index in [1.807, 2.05) is 11.3 Å². The molecule has 0 fully saturated rings. The lowest BCUT2D eigenvalue weighted by Crippen LogP contribution is -2.29. The second-order valence-corrected chi connectivity index (χ2v) is 6.42. The molecule has 1 aromatic heterocycles. The van der Waals surface area contributed by atoms with Crippen molar-refractivity contribution in [3.05, 3.63) is 69.9 Å². The van der Waals surface area contributed by atoms with Crippen LogP contribution in [-0.2, 0) is 12.8 Å². The summed E-state index contributed by atoms with van der Waals surface area (Å²) < 4.78 is 0. The van der Waals surface area contributed by atoms with E-state index in [0.717, 1.165) is 12.8 Å². The number of hydrazine groups is 1. The molecule has 3 rings (SSSR count). The fourth-order valence-electron chi connectivity index (χ4n) is 2.70. The summed E-state index contributed by atoms with van der Waals surface area (Å²) in [5.41, 5.74) is 4.32. The highest BCUT2D eigenvalue weighted by Crippen LogP contribution is 2.28. The summed E-state index contributed by atoms with van der Waals surface area (Å²) >= 11 is 1.85. The van der Waals surface area contributed by atoms with Crippen molar-refractivity contribution in [1.82, 2.24) is 5.43 Å². The van der Waals surface area contributed by atoms with Crippen molar-refractivity contribution >= 4 is 22.1 Å². The molecule has 0 radical (unpaired) electrons. The number of benzene rings is 2. The first-order chi connectivity index (χ1) is 10.3. The van der Waals surface area contributed by atoms with E-state index in [-0.39, 0.29) is 6.04 Å². The smallest absolute Gasteiger partial charge is 0.0593 e. The Morgan fingerprint density at radius 2 is 1.86 bits per heavy atom. The molecule has 0 amide bonds. The van der Waals surface area contributed by atoms with Crippen LogP contribution in [-0.4, -0.2) is 0 Å². The zero-order valence-electron chi connectivity index (χ0n) is 12.2. The molecule has 2 aromatic carbocycles. The van der Waals surface area contributed by atoms with Crippen molar-refractivity contribution in [3.63, 3.8) is 0 Å². The highest BCUT2D eigenvalue weighted by atomic mass is 32.1. The van der Waals surface area contributed by atoms with Gasteiger partial charge in [-0.3, -0.25) is 11.3 Å². The van der Waals surface area contributed by atoms with Gasteiger partial charge < -0.3 is 0 Å². The number of thiophene rings is 1. The molecule has 0 bridgehead atoms. The number of fused-ring (bicyclic) bond motifs is 1. The van der Waals surface area contributed by atoms with Gasteiger partial charge in [0.1, 0.15) is 0 Å². The average Bonchev–Trinajstić information content (AvgIpc) is 3.01. The molecule has 2 nitrogen and oxygen atoms in total. The Kier molecular flexibility index (Phi) is 4.34. The summed E-state index contributed by atoms with van der Waals surface area (Å²) in [7, 11) is 0. The molecule has 21 heavy (non-hydrogen) atoms. The molecule has 0 aliphatic heterocycles. The molecule has 1 heterocycles. The van der Waals surface area contributed by atoms with Gasteiger partial charge in [0.05, 0.1) is 6.04 Å². The summed E-state index contributed by atoms with van der Waals surface area (Å²) in [4.78, 5) is 2.71. The molecular weight excluding hydrogens is 276 g/mol. The third-order valence-electron chi connectivity index (χ3n) is 3.88. The molecule has 0 aliphatic carbocycles. The summed E-state index contributed by atoms with van der Waals surface area (Å²) in [5.74, 6) is 5.80. The van der Waals surface area contributed by atoms with Crippen molar-refractivity contribution in [2.75, 3.05) is 0 Å². The zero-order valence-corrected chi connectivity index (χ0v) is 13.0. The fraction of sp³-hybridized carbons (Fsp3) is 0.222. The Morgan fingerprint density at radius 3 is 2.62 bits per heavy atom. The SMILES string of the molecule is CCc1ccc(C(Cc2cccc3ccccc23)NN)s1. The van der Waals surface area contributed by atoms with Crippen LogP contribution < -0.4 is 11.3 Å². The van der Waals surface area contributed by atoms with Crippen LogP contribution in [0.25, 0.3) is 10.8 Å². The summed E-state index contributed by atoms with van der Waals surface area (Å²) in [5, 5.41) is 2.60. The molecule has 3 heteroatoms. The lowest BCUT2D eigenvalue weighted by Gasteiger charge is -2.16. The maximum atomic E-state index is 5.80. The minimum Gasteiger partial charge on any atom is -0.271 e. The molecule has 1 atom stereocenters. The fourth-order valence-corrected chi connectivity index (χ4v) is 3.72. The van der Waals surface area contributed by atoms with Crippen molar-refractivity contribution in [3.8, 4) is 0 Å². The highest BCUT2D eigenvalue weighted by Gasteiger charge is 2.14. The largest absolute Gasteiger partial charge is 0.271 e. The number of nitrogens with two attached hydrogens (primary N) is 1. The first kappa shape index (κ1) is 14.3. The Bertz CT molecular complexity index is 727. The van der Waals surface area contributed by atoms with Gasteiger partial charge in [-0.15, -0.1) is 11.3 Å². The molecule has 0 spiro atoms. The minimum atomic E-state index is 0.168. The number of hydrogen-bond acceptors (Lipinski definition) is 3. The van der Waals surface area contributed by atoms with E-state index in [9.17, 15) is 0 Å². The standard InChI is InChI=1S/C18H20N2S/c1-2-15-10-11-18(21-15)17(20-19)12-14-8-5-7-13-6-3-4-9-16(13)14/h3-11,17,20H,2,12,19H2,1H3. The topological polar surface area (TPSA) is 38.0 Å². The number of hydrogen-bond donors (Lipinski definition) is 2. The average molecular weight is 296 g/mol. The van der Waals surface area contributed by atoms with Crippen LogP contribution in [0, 0.1) is 0 Å². The Morgan fingerprint density at radius 1 is 1.05 bits per heavy atom. The second-order valence-electron chi connectivity index (χ2n) is 5.22. The van der Waals surface area contributed by atoms with E-state index < -0.39 is 0 Å². The van der Waals surface area contributed by atoms with Gasteiger partial charge >= 0.3 is 0 Å². The van der Waals surface area contributed by atoms with Gasteiger partial charge in [-0.25, -0.2) is 0 Å². The summed E-state index contributed by atoms with van der Waals surface area (Å²) in [6, 6.07) is 19.6. The van der Waals surface area contributed by atoms with Crippen LogP contribution in [0.4, 0.5) is 0 Å². The zero-order chi connectivity index (χ0) is 14.7. The van der Waals surface area contributed by atoms with Crippen LogP contribution >= 0.6 is 11.3 Å². The minimum absolute atomic E-state index is 0.168. The monoisotopic (exact) mass is 296 g/mol. The quantitative estimate of drug-likeness (QED) is 0.547. The highest BCUT2D eigenvalue weighted by molar-refractivity contribution is 7.12. The van der Waals surface area contributed by atoms with Crippen molar-refractivity contribution in [1.29, 1.82) is 0 Å². The van der Waals surface area contributed by atoms with E-state index in [0.29, 0.717) is 0 Å². The molecule has 3 aromatic rings. The van der Waals surface area contributed by atoms with Crippen LogP contribution in [0.15, 0.2) is 54.6 Å². The Labute approximate surface area is 129 Å². The molecule has 0 aliphatic rings. The van der Waals surface area contributed by atoms with Crippen molar-refractivity contribution in [2.24, 2.45) is 5.84 Å². The molecule has 0 saturated heterocycles. The van der Waals surface area contributed by atoms with Gasteiger partial charge in [0, 0.05) is 9.75 Å². The molecule has 3 N–H and O–H groups in total. The van der Waals surface area contributed by atoms with E-state index in [2.05, 4.69) is 66.9 Å². The van der Waals surface area contributed by atoms with Gasteiger partial charge in [0.2, 0.25) is 0 Å². The molecular formula is C18H20N2S. The number of rotatable bonds is 5. The van der Waals surface area contributed by atoms with E-state index in [4.69, 9.17) is 5.84 Å². The summed E-state index contributed by atoms with van der Waals surface area (Å²) in [6.45, 7) is 2.19. The van der Waals surface area contributed by atoms with Crippen LogP contribution in [0.2, 0.25) is 0 Å². The third-order valence-corrected chi connectivity index (χ3v) is 5.22. The Hall–Kier alpha value is -1.68. The third kappa shape index (κ3) is 3.00. The van der Waals surface area contributed by atoms with Gasteiger partial charge in [-0.1, -0.05) is 49.4 Å². The van der Waals surface area contributed by atoms with Gasteiger partial charge in [0.25, 0.3) is 0 Å². The first-order valence-electron chi connectivity index (χ1n) is 7.33. The molecule has 0 saturated carbocycles. The summed E-state index contributed by atoms with van der Waals surface area (Å²) in [6.07, 6.45) is 1.98. The second kappa shape index (κ2) is 6.39. The molecule has 1 unspecified atom stereocenters. The van der Waals surface area contributed by atoms with E-state index in [1.54, 1.807) is 0 Å². The normalized spacial score (nSPS) is 12.7. The van der Waals surface area contributed by atoms with Gasteiger partial charge in [0.15, 0.2) is 0 Å². The lowest BCUT2D eigenvalue weighted by molar-refractivity contribution is 0.562.